The van der Waals surface area contributed by atoms with E-state index in [4.69, 9.17) is 13.8 Å². The third kappa shape index (κ3) is 3.51. The molecule has 32 heavy (non-hydrogen) atoms. The molecule has 1 N–H and O–H groups in total. The maximum absolute atomic E-state index is 12.8. The van der Waals surface area contributed by atoms with Gasteiger partial charge in [-0.25, -0.2) is 0 Å². The number of fused-ring (bicyclic) bond motifs is 2. The highest BCUT2D eigenvalue weighted by atomic mass is 32.2. The number of hydrogen-bond donors (Lipinski definition) is 1. The fourth-order valence-corrected chi connectivity index (χ4v) is 6.32. The molecule has 2 aromatic carbocycles. The second-order valence-electron chi connectivity index (χ2n) is 8.63. The number of piperidine rings is 1. The van der Waals surface area contributed by atoms with E-state index in [2.05, 4.69) is 17.1 Å². The molecule has 0 spiro atoms. The molecule has 7 nitrogen and oxygen atoms in total. The van der Waals surface area contributed by atoms with E-state index in [0.29, 0.717) is 6.54 Å². The number of aryl methyl sites for hydroxylation is 1. The zero-order valence-electron chi connectivity index (χ0n) is 18.5. The summed E-state index contributed by atoms with van der Waals surface area (Å²) in [5.74, 6) is 0.919. The molecule has 1 fully saturated rings. The minimum absolute atomic E-state index is 0.0475. The van der Waals surface area contributed by atoms with Crippen LogP contribution >= 0.6 is 0 Å². The molecule has 5 rings (SSSR count). The fourth-order valence-electron chi connectivity index (χ4n) is 5.36. The van der Waals surface area contributed by atoms with Crippen LogP contribution in [0.25, 0.3) is 10.9 Å². The maximum atomic E-state index is 12.8. The lowest BCUT2D eigenvalue weighted by Crippen LogP contribution is -2.50. The van der Waals surface area contributed by atoms with Gasteiger partial charge in [0.15, 0.2) is 5.88 Å². The number of rotatable bonds is 6. The van der Waals surface area contributed by atoms with Gasteiger partial charge in [-0.05, 0) is 49.4 Å². The summed E-state index contributed by atoms with van der Waals surface area (Å²) in [6.45, 7) is 2.78. The van der Waals surface area contributed by atoms with E-state index >= 15 is 0 Å². The quantitative estimate of drug-likeness (QED) is 0.569. The Morgan fingerprint density at radius 1 is 1.12 bits per heavy atom. The van der Waals surface area contributed by atoms with Crippen LogP contribution in [0.1, 0.15) is 29.0 Å². The predicted molar refractivity (Wildman–Crippen MR) is 121 cm³/mol. The number of benzene rings is 2. The van der Waals surface area contributed by atoms with Gasteiger partial charge in [-0.15, -0.1) is 0 Å². The smallest absolute Gasteiger partial charge is 0.296 e. The summed E-state index contributed by atoms with van der Waals surface area (Å²) < 4.78 is 36.9. The molecule has 0 bridgehead atoms. The van der Waals surface area contributed by atoms with Crippen molar-refractivity contribution in [2.75, 3.05) is 27.4 Å². The first kappa shape index (κ1) is 21.5. The molecule has 3 aromatic rings. The van der Waals surface area contributed by atoms with E-state index in [0.717, 1.165) is 35.4 Å². The fraction of sp³-hybridized carbons (Fsp3) is 0.417. The summed E-state index contributed by atoms with van der Waals surface area (Å²) in [6, 6.07) is 13.1. The number of H-pyrrole nitrogens is 1. The van der Waals surface area contributed by atoms with Crippen molar-refractivity contribution in [2.24, 2.45) is 5.92 Å². The van der Waals surface area contributed by atoms with Gasteiger partial charge in [0.05, 0.1) is 25.7 Å². The van der Waals surface area contributed by atoms with E-state index in [1.165, 1.54) is 10.9 Å². The number of aromatic amines is 1. The van der Waals surface area contributed by atoms with Crippen LogP contribution in [-0.2, 0) is 25.6 Å². The van der Waals surface area contributed by atoms with Gasteiger partial charge in [0.2, 0.25) is 0 Å². The van der Waals surface area contributed by atoms with Gasteiger partial charge >= 0.3 is 0 Å². The molecule has 1 aliphatic heterocycles. The Morgan fingerprint density at radius 3 is 2.62 bits per heavy atom. The minimum atomic E-state index is -3.82. The van der Waals surface area contributed by atoms with Crippen LogP contribution in [0.3, 0.4) is 0 Å². The zero-order valence-corrected chi connectivity index (χ0v) is 19.3. The van der Waals surface area contributed by atoms with Crippen LogP contribution in [0.5, 0.6) is 5.88 Å². The topological polar surface area (TPSA) is 80.9 Å². The molecule has 170 valence electrons. The third-order valence-electron chi connectivity index (χ3n) is 6.89. The molecule has 1 aromatic heterocycles. The summed E-state index contributed by atoms with van der Waals surface area (Å²) >= 11 is 0. The van der Waals surface area contributed by atoms with Crippen molar-refractivity contribution in [1.29, 1.82) is 0 Å². The standard InChI is InChI=1S/C24H28N2O5S/c1-15-7-9-17(10-8-15)32(27,28)31-14-16-11-12-26(30-3)21-13-19-23-18(22(16)21)5-4-6-20(23)25-24(19)29-2/h4-10,16,21-22,25H,11-14H2,1-3H3/t16?,21-,22-/m1/s1. The largest absolute Gasteiger partial charge is 0.482 e. The average molecular weight is 457 g/mol. The van der Waals surface area contributed by atoms with Gasteiger partial charge in [-0.3, -0.25) is 4.18 Å². The van der Waals surface area contributed by atoms with Crippen molar-refractivity contribution >= 4 is 21.0 Å². The SMILES string of the molecule is COc1[nH]c2cccc3c2c1C[C@@H]1[C@@H]3C(COS(=O)(=O)c2ccc(C)cc2)CCN1OC. The number of ether oxygens (including phenoxy) is 1. The molecule has 0 radical (unpaired) electrons. The summed E-state index contributed by atoms with van der Waals surface area (Å²) in [4.78, 5) is 9.29. The van der Waals surface area contributed by atoms with Gasteiger partial charge in [0.25, 0.3) is 10.1 Å². The van der Waals surface area contributed by atoms with Crippen molar-refractivity contribution < 1.29 is 22.2 Å². The summed E-state index contributed by atoms with van der Waals surface area (Å²) in [7, 11) is -0.447. The Hall–Kier alpha value is -2.39. The Morgan fingerprint density at radius 2 is 1.91 bits per heavy atom. The minimum Gasteiger partial charge on any atom is -0.482 e. The lowest BCUT2D eigenvalue weighted by Gasteiger charge is -2.46. The number of aromatic nitrogens is 1. The molecule has 0 amide bonds. The summed E-state index contributed by atoms with van der Waals surface area (Å²) in [5, 5.41) is 3.19. The third-order valence-corrected chi connectivity index (χ3v) is 8.19. The molecule has 3 atom stereocenters. The summed E-state index contributed by atoms with van der Waals surface area (Å²) in [5.41, 5.74) is 4.38. The highest BCUT2D eigenvalue weighted by Gasteiger charge is 2.44. The van der Waals surface area contributed by atoms with E-state index in [1.807, 2.05) is 18.1 Å². The molecule has 2 heterocycles. The number of nitrogens with one attached hydrogen (secondary N) is 1. The first-order valence-electron chi connectivity index (χ1n) is 10.9. The molecule has 0 saturated carbocycles. The van der Waals surface area contributed by atoms with Crippen LogP contribution in [0.15, 0.2) is 47.4 Å². The molecular formula is C24H28N2O5S. The lowest BCUT2D eigenvalue weighted by molar-refractivity contribution is -0.189. The van der Waals surface area contributed by atoms with Crippen LogP contribution in [-0.4, -0.2) is 51.9 Å². The van der Waals surface area contributed by atoms with Gasteiger partial charge in [-0.1, -0.05) is 29.8 Å². The van der Waals surface area contributed by atoms with Crippen LogP contribution < -0.4 is 4.74 Å². The van der Waals surface area contributed by atoms with Crippen molar-refractivity contribution in [3.63, 3.8) is 0 Å². The molecular weight excluding hydrogens is 428 g/mol. The van der Waals surface area contributed by atoms with Gasteiger partial charge in [0.1, 0.15) is 0 Å². The van der Waals surface area contributed by atoms with Gasteiger partial charge in [0, 0.05) is 35.0 Å². The second kappa shape index (κ2) is 8.19. The monoisotopic (exact) mass is 456 g/mol. The van der Waals surface area contributed by atoms with Crippen molar-refractivity contribution in [3.05, 3.63) is 59.2 Å². The molecule has 1 aliphatic carbocycles. The number of nitrogens with zero attached hydrogens (tertiary/aromatic N) is 1. The van der Waals surface area contributed by atoms with Crippen LogP contribution in [0.2, 0.25) is 0 Å². The zero-order chi connectivity index (χ0) is 22.5. The average Bonchev–Trinajstić information content (AvgIpc) is 3.16. The number of hydroxylamine groups is 2. The van der Waals surface area contributed by atoms with Gasteiger partial charge in [-0.2, -0.15) is 13.5 Å². The molecule has 2 aliphatic rings. The first-order chi connectivity index (χ1) is 15.4. The summed E-state index contributed by atoms with van der Waals surface area (Å²) in [6.07, 6.45) is 1.55. The van der Waals surface area contributed by atoms with E-state index in [1.54, 1.807) is 38.5 Å². The van der Waals surface area contributed by atoms with Crippen molar-refractivity contribution in [1.82, 2.24) is 10.0 Å². The number of hydrogen-bond acceptors (Lipinski definition) is 6. The molecule has 1 unspecified atom stereocenters. The Labute approximate surface area is 188 Å². The molecule has 1 saturated heterocycles. The Bertz CT molecular complexity index is 1240. The maximum Gasteiger partial charge on any atom is 0.296 e. The second-order valence-corrected chi connectivity index (χ2v) is 10.2. The van der Waals surface area contributed by atoms with Crippen LogP contribution in [0.4, 0.5) is 0 Å². The van der Waals surface area contributed by atoms with Crippen molar-refractivity contribution in [3.8, 4) is 5.88 Å². The highest BCUT2D eigenvalue weighted by molar-refractivity contribution is 7.86. The Balaban J connectivity index is 1.48. The van der Waals surface area contributed by atoms with E-state index in [-0.39, 0.29) is 29.4 Å². The lowest BCUT2D eigenvalue weighted by atomic mass is 9.70. The van der Waals surface area contributed by atoms with E-state index in [9.17, 15) is 8.42 Å². The van der Waals surface area contributed by atoms with Crippen LogP contribution in [0, 0.1) is 12.8 Å². The Kier molecular flexibility index (Phi) is 5.49. The number of methoxy groups -OCH3 is 1. The first-order valence-corrected chi connectivity index (χ1v) is 12.3. The molecule has 8 heteroatoms. The highest BCUT2D eigenvalue weighted by Crippen LogP contribution is 2.48. The van der Waals surface area contributed by atoms with Crippen molar-refractivity contribution in [2.45, 2.75) is 36.6 Å². The predicted octanol–water partition coefficient (Wildman–Crippen LogP) is 3.78. The van der Waals surface area contributed by atoms with E-state index < -0.39 is 10.1 Å². The van der Waals surface area contributed by atoms with Gasteiger partial charge < -0.3 is 14.6 Å². The normalized spacial score (nSPS) is 23.3.